The van der Waals surface area contributed by atoms with Gasteiger partial charge in [-0.3, -0.25) is 0 Å². The number of aliphatic imine (C=N–C) groups is 1. The highest BCUT2D eigenvalue weighted by molar-refractivity contribution is 7.90. The van der Waals surface area contributed by atoms with Crippen LogP contribution in [0.4, 0.5) is 8.78 Å². The zero-order valence-electron chi connectivity index (χ0n) is 16.7. The number of benzene rings is 2. The maximum absolute atomic E-state index is 14.2. The highest BCUT2D eigenvalue weighted by Gasteiger charge is 2.47. The zero-order chi connectivity index (χ0) is 21.9. The summed E-state index contributed by atoms with van der Waals surface area (Å²) in [7, 11) is -3.88. The molecule has 0 aromatic heterocycles. The van der Waals surface area contributed by atoms with E-state index in [2.05, 4.69) is 9.71 Å². The summed E-state index contributed by atoms with van der Waals surface area (Å²) in [4.78, 5) is 4.17. The highest BCUT2D eigenvalue weighted by atomic mass is 32.2. The van der Waals surface area contributed by atoms with Gasteiger partial charge in [-0.25, -0.2) is 26.9 Å². The van der Waals surface area contributed by atoms with Crippen molar-refractivity contribution in [3.8, 4) is 0 Å². The summed E-state index contributed by atoms with van der Waals surface area (Å²) in [5.41, 5.74) is -0.392. The minimum atomic E-state index is -3.88. The Balaban J connectivity index is 1.92. The molecule has 2 aromatic carbocycles. The summed E-state index contributed by atoms with van der Waals surface area (Å²) >= 11 is 0. The lowest BCUT2D eigenvalue weighted by molar-refractivity contribution is 0.0759. The van der Waals surface area contributed by atoms with E-state index in [1.54, 1.807) is 13.8 Å². The Hall–Kier alpha value is -2.52. The second-order valence-electron chi connectivity index (χ2n) is 7.66. The lowest BCUT2D eigenvalue weighted by atomic mass is 9.97. The van der Waals surface area contributed by atoms with E-state index in [1.165, 1.54) is 0 Å². The first kappa shape index (κ1) is 22.2. The monoisotopic (exact) mass is 438 g/mol. The molecule has 0 radical (unpaired) electrons. The number of aliphatic hydroxyl groups is 1. The van der Waals surface area contributed by atoms with Crippen LogP contribution in [0.3, 0.4) is 0 Å². The van der Waals surface area contributed by atoms with Crippen molar-refractivity contribution in [2.75, 3.05) is 6.61 Å². The number of amidine groups is 1. The molecular weight excluding hydrogens is 414 g/mol. The van der Waals surface area contributed by atoms with Crippen LogP contribution in [-0.2, 0) is 21.2 Å². The molecule has 3 rings (SSSR count). The molecule has 0 bridgehead atoms. The minimum absolute atomic E-state index is 0.0389. The second-order valence-corrected chi connectivity index (χ2v) is 9.52. The molecule has 9 heteroatoms. The molecule has 0 aliphatic carbocycles. The van der Waals surface area contributed by atoms with Gasteiger partial charge in [-0.1, -0.05) is 30.3 Å². The van der Waals surface area contributed by atoms with Crippen molar-refractivity contribution >= 4 is 16.0 Å². The van der Waals surface area contributed by atoms with Gasteiger partial charge in [-0.2, -0.15) is 0 Å². The van der Waals surface area contributed by atoms with E-state index in [4.69, 9.17) is 4.74 Å². The van der Waals surface area contributed by atoms with Gasteiger partial charge in [0.2, 0.25) is 10.0 Å². The highest BCUT2D eigenvalue weighted by Crippen LogP contribution is 2.31. The van der Waals surface area contributed by atoms with Gasteiger partial charge in [0.25, 0.3) is 6.02 Å². The molecule has 0 amide bonds. The number of halogens is 2. The van der Waals surface area contributed by atoms with E-state index in [-0.39, 0.29) is 31.0 Å². The summed E-state index contributed by atoms with van der Waals surface area (Å²) < 4.78 is 61.9. The van der Waals surface area contributed by atoms with Gasteiger partial charge in [0, 0.05) is 12.2 Å². The largest absolute Gasteiger partial charge is 0.457 e. The lowest BCUT2D eigenvalue weighted by Crippen LogP contribution is -2.59. The van der Waals surface area contributed by atoms with Crippen molar-refractivity contribution in [1.29, 1.82) is 0 Å². The van der Waals surface area contributed by atoms with Crippen molar-refractivity contribution in [3.63, 3.8) is 0 Å². The molecule has 1 aliphatic heterocycles. The lowest BCUT2D eigenvalue weighted by Gasteiger charge is -2.39. The van der Waals surface area contributed by atoms with Crippen LogP contribution in [0.15, 0.2) is 53.5 Å². The van der Waals surface area contributed by atoms with E-state index >= 15 is 0 Å². The topological polar surface area (TPSA) is 88.0 Å². The van der Waals surface area contributed by atoms with Crippen molar-refractivity contribution in [2.45, 2.75) is 43.6 Å². The summed E-state index contributed by atoms with van der Waals surface area (Å²) in [6.07, 6.45) is 0.192. The number of sulfonamides is 1. The number of nitrogens with one attached hydrogen (secondary N) is 1. The minimum Gasteiger partial charge on any atom is -0.457 e. The van der Waals surface area contributed by atoms with E-state index < -0.39 is 38.6 Å². The molecule has 1 saturated heterocycles. The zero-order valence-corrected chi connectivity index (χ0v) is 17.5. The molecule has 2 unspecified atom stereocenters. The van der Waals surface area contributed by atoms with Crippen LogP contribution >= 0.6 is 0 Å². The van der Waals surface area contributed by atoms with Gasteiger partial charge >= 0.3 is 0 Å². The van der Waals surface area contributed by atoms with Gasteiger partial charge in [-0.05, 0) is 50.5 Å². The summed E-state index contributed by atoms with van der Waals surface area (Å²) in [6, 6.07) is 10.7. The molecule has 1 fully saturated rings. The van der Waals surface area contributed by atoms with Crippen molar-refractivity contribution in [2.24, 2.45) is 4.99 Å². The first-order valence-corrected chi connectivity index (χ1v) is 11.0. The number of hydrogen-bond donors (Lipinski definition) is 2. The van der Waals surface area contributed by atoms with E-state index in [0.717, 1.165) is 23.8 Å². The Morgan fingerprint density at radius 3 is 2.53 bits per heavy atom. The number of rotatable bonds is 6. The number of aliphatic hydroxyl groups excluding tert-OH is 1. The van der Waals surface area contributed by atoms with E-state index in [1.807, 2.05) is 30.3 Å². The molecule has 2 N–H and O–H groups in total. The average Bonchev–Trinajstić information content (AvgIpc) is 2.66. The maximum atomic E-state index is 14.2. The van der Waals surface area contributed by atoms with Crippen molar-refractivity contribution < 1.29 is 27.0 Å². The third-order valence-corrected chi connectivity index (χ3v) is 6.94. The number of hydrogen-bond acceptors (Lipinski definition) is 5. The van der Waals surface area contributed by atoms with Gasteiger partial charge in [0.05, 0.1) is 6.04 Å². The van der Waals surface area contributed by atoms with Crippen molar-refractivity contribution in [3.05, 3.63) is 71.3 Å². The normalized spacial score (nSPS) is 22.2. The van der Waals surface area contributed by atoms with Gasteiger partial charge in [0.15, 0.2) is 0 Å². The SMILES string of the molecule is CC1(C)OC(=NC(CCO)c2cc(F)ccc2F)NS(=O)(=O)C1Cc1ccccc1. The van der Waals surface area contributed by atoms with Crippen LogP contribution in [0.25, 0.3) is 0 Å². The van der Waals surface area contributed by atoms with Gasteiger partial charge in [0.1, 0.15) is 22.5 Å². The average molecular weight is 438 g/mol. The molecule has 2 aromatic rings. The summed E-state index contributed by atoms with van der Waals surface area (Å²) in [6.45, 7) is 2.92. The second kappa shape index (κ2) is 8.69. The summed E-state index contributed by atoms with van der Waals surface area (Å²) in [5, 5.41) is 8.44. The smallest absolute Gasteiger partial charge is 0.299 e. The maximum Gasteiger partial charge on any atom is 0.299 e. The fourth-order valence-corrected chi connectivity index (χ4v) is 5.15. The molecule has 0 saturated carbocycles. The quantitative estimate of drug-likeness (QED) is 0.726. The molecule has 162 valence electrons. The summed E-state index contributed by atoms with van der Waals surface area (Å²) in [5.74, 6) is -1.37. The molecular formula is C21H24F2N2O4S. The Morgan fingerprint density at radius 2 is 1.90 bits per heavy atom. The fraction of sp³-hybridized carbons (Fsp3) is 0.381. The first-order chi connectivity index (χ1) is 14.1. The molecule has 1 aliphatic rings. The van der Waals surface area contributed by atoms with Crippen LogP contribution in [0.1, 0.15) is 37.4 Å². The third-order valence-electron chi connectivity index (χ3n) is 5.00. The van der Waals surface area contributed by atoms with E-state index in [9.17, 15) is 22.3 Å². The van der Waals surface area contributed by atoms with Crippen molar-refractivity contribution in [1.82, 2.24) is 4.72 Å². The number of nitrogens with zero attached hydrogens (tertiary/aromatic N) is 1. The number of ether oxygens (including phenoxy) is 1. The van der Waals surface area contributed by atoms with Gasteiger partial charge in [-0.15, -0.1) is 0 Å². The fourth-order valence-electron chi connectivity index (χ4n) is 3.46. The molecule has 1 heterocycles. The molecule has 0 spiro atoms. The van der Waals surface area contributed by atoms with Crippen LogP contribution in [0, 0.1) is 11.6 Å². The van der Waals surface area contributed by atoms with Crippen LogP contribution in [-0.4, -0.2) is 37.0 Å². The predicted molar refractivity (Wildman–Crippen MR) is 109 cm³/mol. The Bertz CT molecular complexity index is 1030. The standard InChI is InChI=1S/C21H24F2N2O4S/c1-21(2)19(12-14-6-4-3-5-7-14)30(27,28)25-20(29-21)24-18(10-11-26)16-13-15(22)8-9-17(16)23/h3-9,13,18-19,26H,10-12H2,1-2H3,(H,24,25). The van der Waals surface area contributed by atoms with Gasteiger partial charge < -0.3 is 9.84 Å². The molecule has 6 nitrogen and oxygen atoms in total. The molecule has 30 heavy (non-hydrogen) atoms. The van der Waals surface area contributed by atoms with Crippen LogP contribution < -0.4 is 4.72 Å². The third kappa shape index (κ3) is 4.96. The Kier molecular flexibility index (Phi) is 6.42. The predicted octanol–water partition coefficient (Wildman–Crippen LogP) is 3.08. The van der Waals surface area contributed by atoms with Crippen LogP contribution in [0.2, 0.25) is 0 Å². The molecule has 2 atom stereocenters. The Labute approximate surface area is 174 Å². The van der Waals surface area contributed by atoms with Crippen LogP contribution in [0.5, 0.6) is 0 Å². The Morgan fingerprint density at radius 1 is 1.20 bits per heavy atom. The van der Waals surface area contributed by atoms with E-state index in [0.29, 0.717) is 0 Å². The first-order valence-electron chi connectivity index (χ1n) is 9.50.